The number of hydrogen-bond acceptors (Lipinski definition) is 7. The third kappa shape index (κ3) is 19.5. The van der Waals surface area contributed by atoms with Crippen molar-refractivity contribution in [2.45, 2.75) is 166 Å². The van der Waals surface area contributed by atoms with Gasteiger partial charge in [0.15, 0.2) is 5.71 Å². The van der Waals surface area contributed by atoms with Gasteiger partial charge in [-0.3, -0.25) is 30.0 Å². The van der Waals surface area contributed by atoms with Crippen LogP contribution in [-0.4, -0.2) is 76.3 Å². The summed E-state index contributed by atoms with van der Waals surface area (Å²) in [6.45, 7) is 24.2. The topological polar surface area (TPSA) is 121 Å². The highest BCUT2D eigenvalue weighted by Crippen LogP contribution is 2.30. The molecule has 0 spiro atoms. The van der Waals surface area contributed by atoms with Crippen molar-refractivity contribution in [3.63, 3.8) is 0 Å². The monoisotopic (exact) mass is 953 g/mol. The molecule has 2 aromatic heterocycles. The number of imidazole rings is 1. The van der Waals surface area contributed by atoms with Crippen molar-refractivity contribution in [1.29, 1.82) is 0 Å². The van der Waals surface area contributed by atoms with E-state index in [1.165, 1.54) is 88.4 Å². The van der Waals surface area contributed by atoms with E-state index in [2.05, 4.69) is 92.7 Å². The summed E-state index contributed by atoms with van der Waals surface area (Å²) < 4.78 is 22.2. The molecule has 3 aliphatic heterocycles. The number of pyridine rings is 1. The molecule has 3 amide bonds. The van der Waals surface area contributed by atoms with Crippen molar-refractivity contribution >= 4 is 51.7 Å². The van der Waals surface area contributed by atoms with Crippen LogP contribution in [-0.2, 0) is 21.4 Å². The zero-order chi connectivity index (χ0) is 51.0. The first-order valence-corrected chi connectivity index (χ1v) is 25.8. The Morgan fingerprint density at radius 3 is 1.97 bits per heavy atom. The van der Waals surface area contributed by atoms with E-state index in [1.807, 2.05) is 50.6 Å². The summed E-state index contributed by atoms with van der Waals surface area (Å²) in [6, 6.07) is 14.9. The molecule has 11 nitrogen and oxygen atoms in total. The van der Waals surface area contributed by atoms with Crippen molar-refractivity contribution in [3.8, 4) is 0 Å². The van der Waals surface area contributed by atoms with E-state index in [-0.39, 0.29) is 23.5 Å². The first-order valence-electron chi connectivity index (χ1n) is 25.8. The van der Waals surface area contributed by atoms with Gasteiger partial charge in [-0.1, -0.05) is 118 Å². The fourth-order valence-corrected chi connectivity index (χ4v) is 8.67. The molecule has 0 bridgehead atoms. The lowest BCUT2D eigenvalue weighted by Crippen LogP contribution is -2.45. The van der Waals surface area contributed by atoms with Gasteiger partial charge in [-0.25, -0.2) is 13.9 Å². The largest absolute Gasteiger partial charge is 0.500 e. The summed E-state index contributed by atoms with van der Waals surface area (Å²) in [5.41, 5.74) is 9.10. The molecule has 2 N–H and O–H groups in total. The molecule has 4 aliphatic rings. The van der Waals surface area contributed by atoms with Crippen molar-refractivity contribution < 1.29 is 28.1 Å². The molecule has 69 heavy (non-hydrogen) atoms. The lowest BCUT2D eigenvalue weighted by Gasteiger charge is -2.39. The zero-order valence-electron chi connectivity index (χ0n) is 44.7. The second-order valence-electron chi connectivity index (χ2n) is 19.4. The first-order chi connectivity index (χ1) is 32.9. The quantitative estimate of drug-likeness (QED) is 0.120. The van der Waals surface area contributed by atoms with Gasteiger partial charge in [-0.2, -0.15) is 0 Å². The number of methoxy groups -OCH3 is 1. The smallest absolute Gasteiger partial charge is 0.258 e. The molecule has 4 aromatic rings. The highest BCUT2D eigenvalue weighted by molar-refractivity contribution is 6.21. The molecule has 1 aliphatic carbocycles. The van der Waals surface area contributed by atoms with E-state index in [0.29, 0.717) is 30.8 Å². The number of fused-ring (bicyclic) bond motifs is 1. The maximum Gasteiger partial charge on any atom is 0.258 e. The number of unbranched alkanes of at least 4 members (excludes halogenated alkanes) is 1. The van der Waals surface area contributed by atoms with Crippen LogP contribution in [0, 0.1) is 38.4 Å². The van der Waals surface area contributed by atoms with Crippen molar-refractivity contribution in [2.24, 2.45) is 18.9 Å². The molecule has 2 saturated heterocycles. The van der Waals surface area contributed by atoms with Gasteiger partial charge in [0.25, 0.3) is 5.91 Å². The van der Waals surface area contributed by atoms with E-state index in [9.17, 15) is 18.8 Å². The molecular weight excluding hydrogens is 866 g/mol. The summed E-state index contributed by atoms with van der Waals surface area (Å²) in [4.78, 5) is 45.8. The Kier molecular flexibility index (Phi) is 25.4. The Morgan fingerprint density at radius 1 is 0.855 bits per heavy atom. The van der Waals surface area contributed by atoms with Crippen LogP contribution in [0.1, 0.15) is 178 Å². The molecular formula is C57H87FN7O4+. The number of nitrogens with one attached hydrogen (secondary N) is 2. The maximum absolute atomic E-state index is 13.3. The van der Waals surface area contributed by atoms with Crippen LogP contribution in [0.15, 0.2) is 54.3 Å². The number of halogens is 1. The third-order valence-corrected chi connectivity index (χ3v) is 12.5. The number of hydrogen-bond donors (Lipinski definition) is 2. The SMILES string of the molecule is C1CCCC1.CCC.CCCCC(C)CCC.COC1=C(c2cc(C(=O)Nc3nc4ccc(N5CC(C)C5)cc4n3C)cc(C)n2)C(C)=[N+](C)CC1.Cc1cc(C)cc(F)c1.O=C1CCCC(=O)N1. The standard InChI is InChI=1S/C27H32N6O2.C9H20.C8H9F.C5H7NO2.C5H10.C3H8/c1-16-14-33(15-16)20-7-8-21-23(13-20)32(5)27(29-21)30-26(34)19-11-17(2)28-22(12-19)25-18(3)31(4)10-9-24(25)35-6;1-4-6-8-9(3)7-5-2;1-6-3-7(2)5-8(9)4-6;7-4-2-1-3-5(8)6-4;1-2-4-5-3-1;1-3-2/h7-8,11-13,16H,9-10,14-15H2,1-6H3;9H,4-8H2,1-3H3;3-5H,1-2H3;1-3H2,(H,6,7,8);1-5H2;3H2,1-2H3/p+1. The molecule has 3 fully saturated rings. The fraction of sp³-hybridized carbons (Fsp3) is 0.579. The normalized spacial score (nSPS) is 15.9. The van der Waals surface area contributed by atoms with Crippen LogP contribution in [0.3, 0.4) is 0 Å². The van der Waals surface area contributed by atoms with E-state index < -0.39 is 0 Å². The van der Waals surface area contributed by atoms with Crippen LogP contribution in [0.2, 0.25) is 0 Å². The number of ether oxygens (including phenoxy) is 1. The number of piperidine rings is 1. The number of carbonyl (C=O) groups is 3. The number of benzene rings is 2. The Balaban J connectivity index is 0.000000296. The van der Waals surface area contributed by atoms with E-state index in [4.69, 9.17) is 9.72 Å². The van der Waals surface area contributed by atoms with Crippen molar-refractivity contribution in [1.82, 2.24) is 19.9 Å². The van der Waals surface area contributed by atoms with Gasteiger partial charge in [0, 0.05) is 56.8 Å². The minimum Gasteiger partial charge on any atom is -0.500 e. The Morgan fingerprint density at radius 2 is 1.46 bits per heavy atom. The van der Waals surface area contributed by atoms with E-state index >= 15 is 0 Å². The molecule has 380 valence electrons. The fourth-order valence-electron chi connectivity index (χ4n) is 8.67. The number of aryl methyl sites for hydroxylation is 4. The average Bonchev–Trinajstić information content (AvgIpc) is 3.98. The van der Waals surface area contributed by atoms with Gasteiger partial charge in [-0.15, -0.1) is 0 Å². The minimum atomic E-state index is -0.215. The number of carbonyl (C=O) groups excluding carboxylic acids is 3. The van der Waals surface area contributed by atoms with Gasteiger partial charge in [0.1, 0.15) is 30.7 Å². The minimum absolute atomic E-state index is 0.138. The summed E-state index contributed by atoms with van der Waals surface area (Å²) in [5, 5.41) is 5.21. The first kappa shape index (κ1) is 57.9. The number of nitrogens with zero attached hydrogens (tertiary/aromatic N) is 5. The molecule has 1 saturated carbocycles. The Bertz CT molecular complexity index is 2250. The third-order valence-electron chi connectivity index (χ3n) is 12.5. The number of amides is 3. The van der Waals surface area contributed by atoms with Crippen molar-refractivity contribution in [3.05, 3.63) is 88.2 Å². The van der Waals surface area contributed by atoms with E-state index in [1.54, 1.807) is 13.2 Å². The number of anilines is 2. The lowest BCUT2D eigenvalue weighted by molar-refractivity contribution is -0.497. The number of rotatable bonds is 10. The Hall–Kier alpha value is -5.39. The molecule has 1 atom stereocenters. The molecule has 0 radical (unpaired) electrons. The van der Waals surface area contributed by atoms with Gasteiger partial charge in [0.05, 0.1) is 30.3 Å². The zero-order valence-corrected chi connectivity index (χ0v) is 44.7. The molecule has 1 unspecified atom stereocenters. The van der Waals surface area contributed by atoms with Crippen LogP contribution < -0.4 is 15.5 Å². The Labute approximate surface area is 414 Å². The van der Waals surface area contributed by atoms with Crippen LogP contribution in [0.5, 0.6) is 0 Å². The van der Waals surface area contributed by atoms with Gasteiger partial charge in [0.2, 0.25) is 17.8 Å². The van der Waals surface area contributed by atoms with Crippen molar-refractivity contribution in [2.75, 3.05) is 44.0 Å². The number of imide groups is 1. The van der Waals surface area contributed by atoms with Crippen LogP contribution >= 0.6 is 0 Å². The van der Waals surface area contributed by atoms with Crippen LogP contribution in [0.4, 0.5) is 16.0 Å². The maximum atomic E-state index is 13.3. The molecule has 12 heteroatoms. The number of allylic oxidation sites excluding steroid dienone is 1. The summed E-state index contributed by atoms with van der Waals surface area (Å²) in [5.74, 6) is 2.48. The summed E-state index contributed by atoms with van der Waals surface area (Å²) >= 11 is 0. The number of aromatic nitrogens is 3. The molecule has 2 aromatic carbocycles. The molecule has 5 heterocycles. The molecule has 8 rings (SSSR count). The summed E-state index contributed by atoms with van der Waals surface area (Å²) in [7, 11) is 5.69. The van der Waals surface area contributed by atoms with Gasteiger partial charge in [-0.05, 0) is 92.6 Å². The lowest BCUT2D eigenvalue weighted by atomic mass is 9.99. The predicted molar refractivity (Wildman–Crippen MR) is 285 cm³/mol. The van der Waals surface area contributed by atoms with Gasteiger partial charge >= 0.3 is 0 Å². The van der Waals surface area contributed by atoms with Crippen LogP contribution in [0.25, 0.3) is 16.6 Å². The second-order valence-corrected chi connectivity index (χ2v) is 19.4. The van der Waals surface area contributed by atoms with Gasteiger partial charge < -0.3 is 14.2 Å². The van der Waals surface area contributed by atoms with E-state index in [0.717, 1.165) is 88.5 Å². The highest BCUT2D eigenvalue weighted by Gasteiger charge is 2.28. The summed E-state index contributed by atoms with van der Waals surface area (Å²) in [6.07, 6.45) is 18.3. The average molecular weight is 953 g/mol. The second kappa shape index (κ2) is 30.3. The highest BCUT2D eigenvalue weighted by atomic mass is 19.1. The predicted octanol–water partition coefficient (Wildman–Crippen LogP) is 13.1.